The van der Waals surface area contributed by atoms with E-state index < -0.39 is 31.8 Å². The van der Waals surface area contributed by atoms with Crippen molar-refractivity contribution in [3.8, 4) is 11.5 Å². The molecule has 0 aliphatic carbocycles. The molecule has 15 heteroatoms. The lowest BCUT2D eigenvalue weighted by Gasteiger charge is -2.40. The summed E-state index contributed by atoms with van der Waals surface area (Å²) in [5.74, 6) is -0.691. The standard InChI is InChI=1S/C34H39FN6O6S2/c1-48(43,44)38-26-11-15-33(30(20-26)34(36)42)47-29-12-8-24(9-13-29)22-40-18-16-28(17-19-40)41(27-6-4-3-5-7-27)23-37-25-10-14-31(35)32(21-25)39-49(2,45)46/h3-15,20-21,28,37-39H,16-19,22-23H2,1-2H3,(H2,36,42). The highest BCUT2D eigenvalue weighted by Gasteiger charge is 2.25. The van der Waals surface area contributed by atoms with Crippen LogP contribution >= 0.6 is 0 Å². The second kappa shape index (κ2) is 15.1. The molecule has 1 fully saturated rings. The number of para-hydroxylation sites is 1. The van der Waals surface area contributed by atoms with Gasteiger partial charge in [0.2, 0.25) is 20.0 Å². The first-order valence-electron chi connectivity index (χ1n) is 15.5. The number of benzene rings is 4. The molecule has 1 heterocycles. The molecule has 0 bridgehead atoms. The lowest BCUT2D eigenvalue weighted by molar-refractivity contribution is 0.0998. The summed E-state index contributed by atoms with van der Waals surface area (Å²) in [6.45, 7) is 2.90. The van der Waals surface area contributed by atoms with E-state index in [4.69, 9.17) is 10.5 Å². The molecule has 0 spiro atoms. The third kappa shape index (κ3) is 10.3. The van der Waals surface area contributed by atoms with E-state index in [0.29, 0.717) is 18.1 Å². The molecule has 0 aromatic heterocycles. The lowest BCUT2D eigenvalue weighted by atomic mass is 10.0. The number of hydrogen-bond donors (Lipinski definition) is 4. The van der Waals surface area contributed by atoms with Crippen molar-refractivity contribution in [1.29, 1.82) is 0 Å². The average Bonchev–Trinajstić information content (AvgIpc) is 3.04. The molecular formula is C34H39FN6O6S2. The summed E-state index contributed by atoms with van der Waals surface area (Å²) in [6.07, 6.45) is 3.80. The molecule has 12 nitrogen and oxygen atoms in total. The minimum atomic E-state index is -3.63. The number of piperidine rings is 1. The molecule has 0 saturated carbocycles. The predicted octanol–water partition coefficient (Wildman–Crippen LogP) is 5.00. The number of anilines is 4. The van der Waals surface area contributed by atoms with Gasteiger partial charge in [-0.3, -0.25) is 19.1 Å². The SMILES string of the molecule is CS(=O)(=O)Nc1ccc(Oc2ccc(CN3CCC(N(CNc4ccc(F)c(NS(C)(=O)=O)c4)c4ccccc4)CC3)cc2)c(C(N)=O)c1. The molecule has 5 rings (SSSR count). The third-order valence-corrected chi connectivity index (χ3v) is 9.10. The van der Waals surface area contributed by atoms with Gasteiger partial charge in [0, 0.05) is 42.7 Å². The molecule has 5 N–H and O–H groups in total. The summed E-state index contributed by atoms with van der Waals surface area (Å²) in [5.41, 5.74) is 8.38. The lowest BCUT2D eigenvalue weighted by Crippen LogP contribution is -2.46. The normalized spacial score (nSPS) is 14.2. The number of carbonyl (C=O) groups excluding carboxylic acids is 1. The molecule has 1 saturated heterocycles. The molecule has 0 radical (unpaired) electrons. The molecule has 260 valence electrons. The first-order valence-corrected chi connectivity index (χ1v) is 19.2. The number of ether oxygens (including phenoxy) is 1. The van der Waals surface area contributed by atoms with E-state index in [1.807, 2.05) is 54.6 Å². The Bertz CT molecular complexity index is 1990. The second-order valence-electron chi connectivity index (χ2n) is 11.9. The molecule has 0 atom stereocenters. The zero-order chi connectivity index (χ0) is 35.2. The van der Waals surface area contributed by atoms with Gasteiger partial charge in [-0.1, -0.05) is 30.3 Å². The van der Waals surface area contributed by atoms with Crippen LogP contribution in [0.1, 0.15) is 28.8 Å². The summed E-state index contributed by atoms with van der Waals surface area (Å²) in [5, 5.41) is 3.33. The number of likely N-dealkylation sites (tertiary alicyclic amines) is 1. The minimum Gasteiger partial charge on any atom is -0.457 e. The Morgan fingerprint density at radius 1 is 0.878 bits per heavy atom. The predicted molar refractivity (Wildman–Crippen MR) is 191 cm³/mol. The summed E-state index contributed by atoms with van der Waals surface area (Å²) in [7, 11) is -7.16. The Kier molecular flexibility index (Phi) is 11.0. The van der Waals surface area contributed by atoms with Gasteiger partial charge in [0.15, 0.2) is 0 Å². The number of amides is 1. The topological polar surface area (TPSA) is 163 Å². The molecule has 1 aliphatic rings. The Balaban J connectivity index is 1.19. The highest BCUT2D eigenvalue weighted by molar-refractivity contribution is 7.92. The fourth-order valence-corrected chi connectivity index (χ4v) is 6.78. The van der Waals surface area contributed by atoms with Crippen LogP contribution in [0.25, 0.3) is 0 Å². The van der Waals surface area contributed by atoms with Crippen LogP contribution in [-0.2, 0) is 26.6 Å². The van der Waals surface area contributed by atoms with Crippen LogP contribution in [0.15, 0.2) is 91.0 Å². The van der Waals surface area contributed by atoms with Crippen molar-refractivity contribution in [2.24, 2.45) is 5.73 Å². The zero-order valence-corrected chi connectivity index (χ0v) is 28.7. The van der Waals surface area contributed by atoms with Gasteiger partial charge in [-0.15, -0.1) is 0 Å². The number of nitrogens with one attached hydrogen (secondary N) is 3. The van der Waals surface area contributed by atoms with Crippen molar-refractivity contribution in [2.45, 2.75) is 25.4 Å². The van der Waals surface area contributed by atoms with Crippen molar-refractivity contribution < 1.29 is 30.8 Å². The number of rotatable bonds is 14. The van der Waals surface area contributed by atoms with Crippen LogP contribution in [0.5, 0.6) is 11.5 Å². The summed E-state index contributed by atoms with van der Waals surface area (Å²) >= 11 is 0. The highest BCUT2D eigenvalue weighted by atomic mass is 32.2. The van der Waals surface area contributed by atoms with Gasteiger partial charge in [-0.05, 0) is 79.1 Å². The van der Waals surface area contributed by atoms with Gasteiger partial charge in [-0.2, -0.15) is 0 Å². The maximum Gasteiger partial charge on any atom is 0.252 e. The van der Waals surface area contributed by atoms with E-state index in [2.05, 4.69) is 24.6 Å². The van der Waals surface area contributed by atoms with E-state index in [9.17, 15) is 26.0 Å². The molecule has 1 aliphatic heterocycles. The van der Waals surface area contributed by atoms with Crippen LogP contribution in [0.4, 0.5) is 27.1 Å². The third-order valence-electron chi connectivity index (χ3n) is 7.91. The van der Waals surface area contributed by atoms with Crippen LogP contribution in [0.3, 0.4) is 0 Å². The van der Waals surface area contributed by atoms with E-state index in [1.54, 1.807) is 6.07 Å². The number of halogens is 1. The Hall–Kier alpha value is -4.86. The van der Waals surface area contributed by atoms with Crippen molar-refractivity contribution in [3.63, 3.8) is 0 Å². The van der Waals surface area contributed by atoms with Crippen molar-refractivity contribution in [2.75, 3.05) is 51.9 Å². The number of nitrogens with two attached hydrogens (primary N) is 1. The molecular weight excluding hydrogens is 672 g/mol. The van der Waals surface area contributed by atoms with Crippen LogP contribution < -0.4 is 30.1 Å². The fraction of sp³-hybridized carbons (Fsp3) is 0.265. The molecule has 0 unspecified atom stereocenters. The molecule has 49 heavy (non-hydrogen) atoms. The Morgan fingerprint density at radius 3 is 2.16 bits per heavy atom. The molecule has 4 aromatic rings. The van der Waals surface area contributed by atoms with Gasteiger partial charge >= 0.3 is 0 Å². The molecule has 4 aromatic carbocycles. The van der Waals surface area contributed by atoms with Gasteiger partial charge in [0.05, 0.1) is 30.4 Å². The van der Waals surface area contributed by atoms with E-state index in [1.165, 1.54) is 30.3 Å². The quantitative estimate of drug-likeness (QED) is 0.132. The second-order valence-corrected chi connectivity index (χ2v) is 15.4. The Labute approximate surface area is 286 Å². The smallest absolute Gasteiger partial charge is 0.252 e. The maximum absolute atomic E-state index is 14.2. The summed E-state index contributed by atoms with van der Waals surface area (Å²) in [6, 6.07) is 26.4. The number of nitrogens with zero attached hydrogens (tertiary/aromatic N) is 2. The minimum absolute atomic E-state index is 0.0479. The number of hydrogen-bond acceptors (Lipinski definition) is 9. The van der Waals surface area contributed by atoms with Crippen LogP contribution in [-0.4, -0.2) is 66.0 Å². The summed E-state index contributed by atoms with van der Waals surface area (Å²) in [4.78, 5) is 16.7. The van der Waals surface area contributed by atoms with Crippen molar-refractivity contribution in [3.05, 3.63) is 108 Å². The number of carbonyl (C=O) groups is 1. The van der Waals surface area contributed by atoms with E-state index in [0.717, 1.165) is 56.2 Å². The van der Waals surface area contributed by atoms with E-state index in [-0.39, 0.29) is 28.7 Å². The first-order chi connectivity index (χ1) is 23.2. The van der Waals surface area contributed by atoms with Gasteiger partial charge in [-0.25, -0.2) is 21.2 Å². The monoisotopic (exact) mass is 710 g/mol. The summed E-state index contributed by atoms with van der Waals surface area (Å²) < 4.78 is 71.2. The maximum atomic E-state index is 14.2. The van der Waals surface area contributed by atoms with Crippen LogP contribution in [0.2, 0.25) is 0 Å². The molecule has 1 amide bonds. The first kappa shape index (κ1) is 35.4. The van der Waals surface area contributed by atoms with Gasteiger partial charge in [0.1, 0.15) is 17.3 Å². The highest BCUT2D eigenvalue weighted by Crippen LogP contribution is 2.30. The van der Waals surface area contributed by atoms with Crippen LogP contribution in [0, 0.1) is 5.82 Å². The van der Waals surface area contributed by atoms with Gasteiger partial charge < -0.3 is 20.7 Å². The largest absolute Gasteiger partial charge is 0.457 e. The number of primary amides is 1. The fourth-order valence-electron chi connectivity index (χ4n) is 5.67. The Morgan fingerprint density at radius 2 is 1.53 bits per heavy atom. The number of sulfonamides is 2. The van der Waals surface area contributed by atoms with Crippen molar-refractivity contribution in [1.82, 2.24) is 4.90 Å². The zero-order valence-electron chi connectivity index (χ0n) is 27.1. The van der Waals surface area contributed by atoms with E-state index >= 15 is 0 Å². The average molecular weight is 711 g/mol. The van der Waals surface area contributed by atoms with Crippen molar-refractivity contribution >= 4 is 48.7 Å². The van der Waals surface area contributed by atoms with Gasteiger partial charge in [0.25, 0.3) is 5.91 Å².